The van der Waals surface area contributed by atoms with E-state index in [4.69, 9.17) is 5.73 Å². The van der Waals surface area contributed by atoms with E-state index in [-0.39, 0.29) is 11.7 Å². The van der Waals surface area contributed by atoms with Gasteiger partial charge in [-0.3, -0.25) is 9.88 Å². The molecule has 0 unspecified atom stereocenters. The van der Waals surface area contributed by atoms with Crippen molar-refractivity contribution < 1.29 is 13.5 Å². The molecule has 2 heterocycles. The number of fused-ring (bicyclic) bond motifs is 3. The SMILES string of the molecule is NC1=N[C@@H](c2ccccc2OC(F)F)n2c(nc3ccccc32)N1. The van der Waals surface area contributed by atoms with E-state index in [1.165, 1.54) is 6.07 Å². The molecule has 3 aromatic rings. The average Bonchev–Trinajstić information content (AvgIpc) is 2.92. The van der Waals surface area contributed by atoms with Gasteiger partial charge in [0.1, 0.15) is 5.75 Å². The van der Waals surface area contributed by atoms with Crippen molar-refractivity contribution in [3.63, 3.8) is 0 Å². The molecule has 0 aliphatic carbocycles. The smallest absolute Gasteiger partial charge is 0.387 e. The number of guanidine groups is 1. The van der Waals surface area contributed by atoms with Crippen molar-refractivity contribution in [1.82, 2.24) is 9.55 Å². The molecule has 0 saturated heterocycles. The molecule has 0 spiro atoms. The topological polar surface area (TPSA) is 77.5 Å². The number of nitrogens with one attached hydrogen (secondary N) is 1. The number of imidazole rings is 1. The number of benzene rings is 2. The molecule has 1 aliphatic heterocycles. The number of nitrogens with zero attached hydrogens (tertiary/aromatic N) is 3. The van der Waals surface area contributed by atoms with Gasteiger partial charge in [0.05, 0.1) is 11.0 Å². The first kappa shape index (κ1) is 14.4. The summed E-state index contributed by atoms with van der Waals surface area (Å²) in [6.07, 6.45) is -0.649. The molecule has 1 atom stereocenters. The first-order chi connectivity index (χ1) is 11.6. The van der Waals surface area contributed by atoms with Crippen LogP contribution in [0.25, 0.3) is 11.0 Å². The van der Waals surface area contributed by atoms with Crippen LogP contribution in [0.5, 0.6) is 5.75 Å². The quantitative estimate of drug-likeness (QED) is 0.774. The molecule has 0 amide bonds. The van der Waals surface area contributed by atoms with Crippen LogP contribution in [0.4, 0.5) is 14.7 Å². The first-order valence-corrected chi connectivity index (χ1v) is 7.24. The van der Waals surface area contributed by atoms with E-state index in [1.807, 2.05) is 24.3 Å². The highest BCUT2D eigenvalue weighted by atomic mass is 19.3. The van der Waals surface area contributed by atoms with E-state index in [2.05, 4.69) is 20.0 Å². The number of anilines is 1. The highest BCUT2D eigenvalue weighted by Gasteiger charge is 2.27. The zero-order chi connectivity index (χ0) is 16.7. The number of rotatable bonds is 3. The van der Waals surface area contributed by atoms with E-state index in [0.29, 0.717) is 11.5 Å². The molecule has 8 heteroatoms. The van der Waals surface area contributed by atoms with Gasteiger partial charge in [0, 0.05) is 5.56 Å². The number of hydrogen-bond donors (Lipinski definition) is 2. The third kappa shape index (κ3) is 2.32. The molecule has 0 bridgehead atoms. The maximum atomic E-state index is 12.7. The van der Waals surface area contributed by atoms with Crippen LogP contribution in [-0.4, -0.2) is 22.1 Å². The number of aromatic nitrogens is 2. The fraction of sp³-hybridized carbons (Fsp3) is 0.125. The maximum Gasteiger partial charge on any atom is 0.387 e. The van der Waals surface area contributed by atoms with Gasteiger partial charge in [-0.05, 0) is 18.2 Å². The largest absolute Gasteiger partial charge is 0.434 e. The second kappa shape index (κ2) is 5.48. The van der Waals surface area contributed by atoms with Crippen molar-refractivity contribution in [2.75, 3.05) is 5.32 Å². The Kier molecular flexibility index (Phi) is 3.30. The maximum absolute atomic E-state index is 12.7. The monoisotopic (exact) mass is 329 g/mol. The van der Waals surface area contributed by atoms with Crippen molar-refractivity contribution in [3.05, 3.63) is 54.1 Å². The lowest BCUT2D eigenvalue weighted by Gasteiger charge is -2.25. The minimum Gasteiger partial charge on any atom is -0.434 e. The summed E-state index contributed by atoms with van der Waals surface area (Å²) in [5, 5.41) is 2.90. The summed E-state index contributed by atoms with van der Waals surface area (Å²) in [5.41, 5.74) is 7.89. The molecule has 24 heavy (non-hydrogen) atoms. The molecular formula is C16H13F2N5O. The zero-order valence-corrected chi connectivity index (χ0v) is 12.4. The van der Waals surface area contributed by atoms with Gasteiger partial charge in [0.15, 0.2) is 12.1 Å². The Labute approximate surface area is 135 Å². The fourth-order valence-electron chi connectivity index (χ4n) is 2.82. The van der Waals surface area contributed by atoms with Crippen LogP contribution in [0.2, 0.25) is 0 Å². The van der Waals surface area contributed by atoms with Gasteiger partial charge in [-0.15, -0.1) is 0 Å². The van der Waals surface area contributed by atoms with Crippen LogP contribution >= 0.6 is 0 Å². The van der Waals surface area contributed by atoms with Crippen molar-refractivity contribution in [2.24, 2.45) is 10.7 Å². The Morgan fingerprint density at radius 2 is 1.88 bits per heavy atom. The summed E-state index contributed by atoms with van der Waals surface area (Å²) in [6.45, 7) is -2.92. The molecule has 6 nitrogen and oxygen atoms in total. The Bertz CT molecular complexity index is 937. The summed E-state index contributed by atoms with van der Waals surface area (Å²) < 4.78 is 31.9. The molecule has 122 valence electrons. The highest BCUT2D eigenvalue weighted by molar-refractivity contribution is 5.94. The third-order valence-electron chi connectivity index (χ3n) is 3.75. The molecular weight excluding hydrogens is 316 g/mol. The van der Waals surface area contributed by atoms with Crippen LogP contribution in [0.3, 0.4) is 0 Å². The van der Waals surface area contributed by atoms with Crippen LogP contribution in [0.15, 0.2) is 53.5 Å². The second-order valence-corrected chi connectivity index (χ2v) is 5.22. The number of halogens is 2. The Hall–Kier alpha value is -3.16. The van der Waals surface area contributed by atoms with Gasteiger partial charge in [-0.1, -0.05) is 30.3 Å². The lowest BCUT2D eigenvalue weighted by atomic mass is 10.1. The number of ether oxygens (including phenoxy) is 1. The molecule has 3 N–H and O–H groups in total. The van der Waals surface area contributed by atoms with E-state index >= 15 is 0 Å². The molecule has 1 aromatic heterocycles. The van der Waals surface area contributed by atoms with Gasteiger partial charge in [-0.25, -0.2) is 9.98 Å². The number of nitrogens with two attached hydrogens (primary N) is 1. The third-order valence-corrected chi connectivity index (χ3v) is 3.75. The number of aliphatic imine (C=N–C) groups is 1. The van der Waals surface area contributed by atoms with Crippen LogP contribution < -0.4 is 15.8 Å². The zero-order valence-electron chi connectivity index (χ0n) is 12.4. The second-order valence-electron chi connectivity index (χ2n) is 5.22. The molecule has 4 rings (SSSR count). The van der Waals surface area contributed by atoms with Gasteiger partial charge >= 0.3 is 6.61 Å². The normalized spacial score (nSPS) is 16.6. The van der Waals surface area contributed by atoms with Crippen molar-refractivity contribution in [3.8, 4) is 5.75 Å². The van der Waals surface area contributed by atoms with Crippen molar-refractivity contribution >= 4 is 22.9 Å². The molecule has 1 aliphatic rings. The molecule has 0 fully saturated rings. The van der Waals surface area contributed by atoms with Gasteiger partial charge in [0.25, 0.3) is 0 Å². The Morgan fingerprint density at radius 3 is 2.71 bits per heavy atom. The molecule has 0 radical (unpaired) electrons. The summed E-state index contributed by atoms with van der Waals surface area (Å²) in [5.74, 6) is 0.717. The van der Waals surface area contributed by atoms with Crippen molar-refractivity contribution in [2.45, 2.75) is 12.8 Å². The Balaban J connectivity index is 1.92. The standard InChI is InChI=1S/C16H13F2N5O/c17-14(18)24-12-8-4-1-5-9(12)13-21-15(19)22-16-20-10-6-2-3-7-11(10)23(13)16/h1-8,13-14H,(H3,19,20,21,22)/t13-/m1/s1. The lowest BCUT2D eigenvalue weighted by Crippen LogP contribution is -2.31. The summed E-state index contributed by atoms with van der Waals surface area (Å²) >= 11 is 0. The number of alkyl halides is 2. The minimum absolute atomic E-state index is 0.0553. The van der Waals surface area contributed by atoms with Gasteiger partial charge in [0.2, 0.25) is 5.95 Å². The first-order valence-electron chi connectivity index (χ1n) is 7.24. The summed E-state index contributed by atoms with van der Waals surface area (Å²) in [4.78, 5) is 8.84. The van der Waals surface area contributed by atoms with Gasteiger partial charge < -0.3 is 10.5 Å². The van der Waals surface area contributed by atoms with Crippen LogP contribution in [0, 0.1) is 0 Å². The predicted molar refractivity (Wildman–Crippen MR) is 86.2 cm³/mol. The average molecular weight is 329 g/mol. The summed E-state index contributed by atoms with van der Waals surface area (Å²) in [6, 6.07) is 14.0. The number of para-hydroxylation sites is 3. The van der Waals surface area contributed by atoms with E-state index in [0.717, 1.165) is 11.0 Å². The highest BCUT2D eigenvalue weighted by Crippen LogP contribution is 2.36. The number of hydrogen-bond acceptors (Lipinski definition) is 5. The lowest BCUT2D eigenvalue weighted by molar-refractivity contribution is -0.0506. The summed E-state index contributed by atoms with van der Waals surface area (Å²) in [7, 11) is 0. The van der Waals surface area contributed by atoms with Gasteiger partial charge in [-0.2, -0.15) is 8.78 Å². The molecule has 0 saturated carbocycles. The van der Waals surface area contributed by atoms with E-state index in [1.54, 1.807) is 22.8 Å². The molecule has 2 aromatic carbocycles. The van der Waals surface area contributed by atoms with Crippen LogP contribution in [-0.2, 0) is 0 Å². The Morgan fingerprint density at radius 1 is 1.12 bits per heavy atom. The minimum atomic E-state index is -2.92. The fourth-order valence-corrected chi connectivity index (χ4v) is 2.82. The van der Waals surface area contributed by atoms with E-state index in [9.17, 15) is 8.78 Å². The van der Waals surface area contributed by atoms with Crippen molar-refractivity contribution in [1.29, 1.82) is 0 Å². The van der Waals surface area contributed by atoms with Crippen LogP contribution in [0.1, 0.15) is 11.7 Å². The van der Waals surface area contributed by atoms with E-state index < -0.39 is 12.8 Å². The predicted octanol–water partition coefficient (Wildman–Crippen LogP) is 2.92.